The summed E-state index contributed by atoms with van der Waals surface area (Å²) in [5, 5.41) is 8.60. The van der Waals surface area contributed by atoms with Crippen LogP contribution in [0, 0.1) is 5.92 Å². The molecule has 5 heteroatoms. The molecule has 1 rings (SSSR count). The fourth-order valence-electron chi connectivity index (χ4n) is 1.57. The van der Waals surface area contributed by atoms with Crippen LogP contribution >= 0.6 is 0 Å². The Balaban J connectivity index is 2.37. The molecule has 1 fully saturated rings. The SMILES string of the molecule is NC(=O)CC1CC(N)(C(=O)O)C1. The highest BCUT2D eigenvalue weighted by Gasteiger charge is 2.47. The van der Waals surface area contributed by atoms with Gasteiger partial charge in [-0.2, -0.15) is 0 Å². The number of aliphatic carboxylic acids is 1. The summed E-state index contributed by atoms with van der Waals surface area (Å²) >= 11 is 0. The van der Waals surface area contributed by atoms with Crippen molar-refractivity contribution in [2.45, 2.75) is 24.8 Å². The van der Waals surface area contributed by atoms with E-state index in [1.165, 1.54) is 0 Å². The van der Waals surface area contributed by atoms with Crippen molar-refractivity contribution in [3.05, 3.63) is 0 Å². The van der Waals surface area contributed by atoms with Gasteiger partial charge in [0.05, 0.1) is 0 Å². The maximum Gasteiger partial charge on any atom is 0.323 e. The van der Waals surface area contributed by atoms with Gasteiger partial charge in [0.25, 0.3) is 0 Å². The van der Waals surface area contributed by atoms with Crippen molar-refractivity contribution in [2.75, 3.05) is 0 Å². The van der Waals surface area contributed by atoms with E-state index >= 15 is 0 Å². The minimum absolute atomic E-state index is 0.0589. The maximum absolute atomic E-state index is 10.5. The Hall–Kier alpha value is -1.10. The second-order valence-corrected chi connectivity index (χ2v) is 3.41. The molecular weight excluding hydrogens is 160 g/mol. The molecule has 1 aliphatic rings. The first-order valence-electron chi connectivity index (χ1n) is 3.74. The van der Waals surface area contributed by atoms with Crippen LogP contribution < -0.4 is 11.5 Å². The molecule has 1 aliphatic carbocycles. The summed E-state index contributed by atoms with van der Waals surface area (Å²) in [6.07, 6.45) is 0.947. The normalized spacial score (nSPS) is 33.9. The molecule has 5 nitrogen and oxygen atoms in total. The van der Waals surface area contributed by atoms with Crippen molar-refractivity contribution >= 4 is 11.9 Å². The van der Waals surface area contributed by atoms with Crippen LogP contribution in [0.25, 0.3) is 0 Å². The van der Waals surface area contributed by atoms with Gasteiger partial charge < -0.3 is 16.6 Å². The maximum atomic E-state index is 10.5. The van der Waals surface area contributed by atoms with Crippen LogP contribution in [0.3, 0.4) is 0 Å². The topological polar surface area (TPSA) is 106 Å². The van der Waals surface area contributed by atoms with E-state index in [2.05, 4.69) is 0 Å². The molecule has 68 valence electrons. The summed E-state index contributed by atoms with van der Waals surface area (Å²) in [5.41, 5.74) is 9.29. The molecule has 0 heterocycles. The molecule has 0 saturated heterocycles. The van der Waals surface area contributed by atoms with E-state index in [1.54, 1.807) is 0 Å². The second-order valence-electron chi connectivity index (χ2n) is 3.41. The Morgan fingerprint density at radius 3 is 2.33 bits per heavy atom. The van der Waals surface area contributed by atoms with E-state index in [-0.39, 0.29) is 12.3 Å². The molecule has 1 saturated carbocycles. The lowest BCUT2D eigenvalue weighted by Crippen LogP contribution is -2.58. The van der Waals surface area contributed by atoms with Crippen molar-refractivity contribution in [3.8, 4) is 0 Å². The number of carbonyl (C=O) groups excluding carboxylic acids is 1. The first-order valence-corrected chi connectivity index (χ1v) is 3.74. The van der Waals surface area contributed by atoms with Gasteiger partial charge in [-0.15, -0.1) is 0 Å². The van der Waals surface area contributed by atoms with Gasteiger partial charge in [0.15, 0.2) is 0 Å². The van der Waals surface area contributed by atoms with Gasteiger partial charge in [-0.1, -0.05) is 0 Å². The van der Waals surface area contributed by atoms with Crippen molar-refractivity contribution in [3.63, 3.8) is 0 Å². The van der Waals surface area contributed by atoms with Crippen LogP contribution in [0.5, 0.6) is 0 Å². The number of hydrogen-bond acceptors (Lipinski definition) is 3. The fraction of sp³-hybridized carbons (Fsp3) is 0.714. The van der Waals surface area contributed by atoms with Gasteiger partial charge in [0, 0.05) is 6.42 Å². The minimum Gasteiger partial charge on any atom is -0.480 e. The molecule has 0 spiro atoms. The summed E-state index contributed by atoms with van der Waals surface area (Å²) in [5.74, 6) is -1.33. The van der Waals surface area contributed by atoms with Crippen LogP contribution in [0.15, 0.2) is 0 Å². The number of carboxylic acid groups (broad SMARTS) is 1. The van der Waals surface area contributed by atoms with E-state index in [4.69, 9.17) is 16.6 Å². The van der Waals surface area contributed by atoms with Crippen LogP contribution in [0.1, 0.15) is 19.3 Å². The van der Waals surface area contributed by atoms with Crippen LogP contribution in [-0.4, -0.2) is 22.5 Å². The highest BCUT2D eigenvalue weighted by molar-refractivity contribution is 5.81. The molecule has 0 radical (unpaired) electrons. The molecule has 12 heavy (non-hydrogen) atoms. The first-order chi connectivity index (χ1) is 5.44. The number of amides is 1. The Kier molecular flexibility index (Phi) is 2.06. The van der Waals surface area contributed by atoms with E-state index in [1.807, 2.05) is 0 Å². The Labute approximate surface area is 69.7 Å². The van der Waals surface area contributed by atoms with Crippen LogP contribution in [0.2, 0.25) is 0 Å². The Morgan fingerprint density at radius 1 is 1.50 bits per heavy atom. The highest BCUT2D eigenvalue weighted by atomic mass is 16.4. The highest BCUT2D eigenvalue weighted by Crippen LogP contribution is 2.37. The van der Waals surface area contributed by atoms with Crippen molar-refractivity contribution < 1.29 is 14.7 Å². The summed E-state index contributed by atoms with van der Waals surface area (Å²) in [7, 11) is 0. The molecule has 0 unspecified atom stereocenters. The number of carbonyl (C=O) groups is 2. The summed E-state index contributed by atoms with van der Waals surface area (Å²) in [4.78, 5) is 20.9. The quantitative estimate of drug-likeness (QED) is 0.510. The molecule has 0 aromatic rings. The predicted octanol–water partition coefficient (Wildman–Crippen LogP) is -0.946. The average Bonchev–Trinajstić information content (AvgIpc) is 1.82. The van der Waals surface area contributed by atoms with E-state index in [0.717, 1.165) is 0 Å². The molecule has 5 N–H and O–H groups in total. The predicted molar refractivity (Wildman–Crippen MR) is 41.1 cm³/mol. The lowest BCUT2D eigenvalue weighted by molar-refractivity contribution is -0.149. The van der Waals surface area contributed by atoms with Crippen molar-refractivity contribution in [1.82, 2.24) is 0 Å². The largest absolute Gasteiger partial charge is 0.480 e. The third-order valence-electron chi connectivity index (χ3n) is 2.22. The number of carboxylic acids is 1. The zero-order valence-electron chi connectivity index (χ0n) is 6.62. The van der Waals surface area contributed by atoms with Crippen molar-refractivity contribution in [2.24, 2.45) is 17.4 Å². The molecule has 0 aromatic carbocycles. The Bertz CT molecular complexity index is 221. The zero-order chi connectivity index (χ0) is 9.35. The lowest BCUT2D eigenvalue weighted by atomic mass is 9.67. The van der Waals surface area contributed by atoms with Gasteiger partial charge in [-0.25, -0.2) is 0 Å². The zero-order valence-corrected chi connectivity index (χ0v) is 6.62. The molecular formula is C7H12N2O3. The van der Waals surface area contributed by atoms with E-state index in [9.17, 15) is 9.59 Å². The smallest absolute Gasteiger partial charge is 0.323 e. The molecule has 0 aromatic heterocycles. The summed E-state index contributed by atoms with van der Waals surface area (Å²) < 4.78 is 0. The third kappa shape index (κ3) is 1.55. The first kappa shape index (κ1) is 8.99. The fourth-order valence-corrected chi connectivity index (χ4v) is 1.57. The Morgan fingerprint density at radius 2 is 2.00 bits per heavy atom. The molecule has 0 bridgehead atoms. The molecule has 0 aliphatic heterocycles. The summed E-state index contributed by atoms with van der Waals surface area (Å²) in [6.45, 7) is 0. The molecule has 0 atom stereocenters. The van der Waals surface area contributed by atoms with Gasteiger partial charge >= 0.3 is 5.97 Å². The van der Waals surface area contributed by atoms with Gasteiger partial charge in [-0.05, 0) is 18.8 Å². The van der Waals surface area contributed by atoms with E-state index in [0.29, 0.717) is 12.8 Å². The second kappa shape index (κ2) is 2.75. The van der Waals surface area contributed by atoms with Gasteiger partial charge in [-0.3, -0.25) is 9.59 Å². The number of rotatable bonds is 3. The number of nitrogens with two attached hydrogens (primary N) is 2. The minimum atomic E-state index is -1.11. The third-order valence-corrected chi connectivity index (χ3v) is 2.22. The standard InChI is InChI=1S/C7H12N2O3/c8-5(10)1-4-2-7(9,3-4)6(11)12/h4H,1-3,9H2,(H2,8,10)(H,11,12). The number of primary amides is 1. The average molecular weight is 172 g/mol. The van der Waals surface area contributed by atoms with Crippen LogP contribution in [0.4, 0.5) is 0 Å². The monoisotopic (exact) mass is 172 g/mol. The number of hydrogen-bond donors (Lipinski definition) is 3. The van der Waals surface area contributed by atoms with Crippen molar-refractivity contribution in [1.29, 1.82) is 0 Å². The van der Waals surface area contributed by atoms with Crippen LogP contribution in [-0.2, 0) is 9.59 Å². The summed E-state index contributed by atoms with van der Waals surface area (Å²) in [6, 6.07) is 0. The van der Waals surface area contributed by atoms with Gasteiger partial charge in [0.2, 0.25) is 5.91 Å². The lowest BCUT2D eigenvalue weighted by Gasteiger charge is -2.40. The molecule has 1 amide bonds. The van der Waals surface area contributed by atoms with E-state index < -0.39 is 17.4 Å². The van der Waals surface area contributed by atoms with Gasteiger partial charge in [0.1, 0.15) is 5.54 Å².